The van der Waals surface area contributed by atoms with E-state index in [-0.39, 0.29) is 18.0 Å². The van der Waals surface area contributed by atoms with E-state index in [1.165, 1.54) is 4.57 Å². The SMILES string of the molecule is CCc1c(C(=O)c2cc(C)cc(C)c2)n(Cc2ccccn2)c(=O)[nH]c1=O. The number of rotatable bonds is 5. The minimum atomic E-state index is -0.615. The number of benzene rings is 1. The highest BCUT2D eigenvalue weighted by Crippen LogP contribution is 2.16. The van der Waals surface area contributed by atoms with E-state index in [1.54, 1.807) is 37.4 Å². The number of aryl methyl sites for hydroxylation is 2. The molecule has 6 nitrogen and oxygen atoms in total. The van der Waals surface area contributed by atoms with Gasteiger partial charge in [0.15, 0.2) is 0 Å². The van der Waals surface area contributed by atoms with Crippen molar-refractivity contribution in [1.29, 1.82) is 0 Å². The number of pyridine rings is 1. The molecular formula is C21H21N3O3. The summed E-state index contributed by atoms with van der Waals surface area (Å²) in [6, 6.07) is 10.9. The number of ketones is 1. The fourth-order valence-corrected chi connectivity index (χ4v) is 3.25. The summed E-state index contributed by atoms with van der Waals surface area (Å²) in [4.78, 5) is 44.7. The van der Waals surface area contributed by atoms with Gasteiger partial charge < -0.3 is 0 Å². The molecule has 6 heteroatoms. The van der Waals surface area contributed by atoms with Crippen LogP contribution in [0.4, 0.5) is 0 Å². The Kier molecular flexibility index (Phi) is 5.16. The maximum absolute atomic E-state index is 13.3. The number of nitrogens with one attached hydrogen (secondary N) is 1. The average Bonchev–Trinajstić information content (AvgIpc) is 2.63. The predicted octanol–water partition coefficient (Wildman–Crippen LogP) is 2.39. The van der Waals surface area contributed by atoms with Crippen LogP contribution in [0.2, 0.25) is 0 Å². The second-order valence-electron chi connectivity index (χ2n) is 6.55. The smallest absolute Gasteiger partial charge is 0.287 e. The zero-order valence-electron chi connectivity index (χ0n) is 15.6. The Bertz CT molecular complexity index is 1090. The number of H-pyrrole nitrogens is 1. The number of nitrogens with zero attached hydrogens (tertiary/aromatic N) is 2. The molecule has 0 atom stereocenters. The lowest BCUT2D eigenvalue weighted by atomic mass is 9.99. The van der Waals surface area contributed by atoms with Crippen LogP contribution in [0, 0.1) is 13.8 Å². The maximum atomic E-state index is 13.3. The molecule has 0 aliphatic rings. The molecule has 3 rings (SSSR count). The van der Waals surface area contributed by atoms with Crippen LogP contribution in [-0.2, 0) is 13.0 Å². The van der Waals surface area contributed by atoms with Crippen LogP contribution in [0.1, 0.15) is 45.4 Å². The van der Waals surface area contributed by atoms with E-state index in [9.17, 15) is 14.4 Å². The molecule has 138 valence electrons. The van der Waals surface area contributed by atoms with E-state index in [1.807, 2.05) is 26.0 Å². The van der Waals surface area contributed by atoms with Crippen LogP contribution in [0.25, 0.3) is 0 Å². The maximum Gasteiger partial charge on any atom is 0.329 e. The Morgan fingerprint density at radius 3 is 2.41 bits per heavy atom. The Labute approximate surface area is 156 Å². The second-order valence-corrected chi connectivity index (χ2v) is 6.55. The molecule has 0 aliphatic heterocycles. The number of carbonyl (C=O) groups excluding carboxylic acids is 1. The summed E-state index contributed by atoms with van der Waals surface area (Å²) in [6.07, 6.45) is 1.96. The van der Waals surface area contributed by atoms with E-state index in [2.05, 4.69) is 9.97 Å². The summed E-state index contributed by atoms with van der Waals surface area (Å²) < 4.78 is 1.31. The van der Waals surface area contributed by atoms with Crippen LogP contribution in [0.15, 0.2) is 52.2 Å². The average molecular weight is 363 g/mol. The third kappa shape index (κ3) is 3.79. The van der Waals surface area contributed by atoms with Crippen molar-refractivity contribution >= 4 is 5.78 Å². The minimum Gasteiger partial charge on any atom is -0.287 e. The van der Waals surface area contributed by atoms with Crippen molar-refractivity contribution in [2.24, 2.45) is 0 Å². The first-order chi connectivity index (χ1) is 12.9. The summed E-state index contributed by atoms with van der Waals surface area (Å²) in [5, 5.41) is 0. The molecule has 0 aliphatic carbocycles. The van der Waals surface area contributed by atoms with Crippen LogP contribution >= 0.6 is 0 Å². The summed E-state index contributed by atoms with van der Waals surface area (Å²) in [6.45, 7) is 5.71. The first-order valence-electron chi connectivity index (χ1n) is 8.79. The molecule has 0 bridgehead atoms. The molecule has 0 amide bonds. The van der Waals surface area contributed by atoms with E-state index >= 15 is 0 Å². The van der Waals surface area contributed by atoms with Crippen LogP contribution in [0.5, 0.6) is 0 Å². The third-order valence-corrected chi connectivity index (χ3v) is 4.39. The number of aromatic nitrogens is 3. The van der Waals surface area contributed by atoms with Gasteiger partial charge in [-0.25, -0.2) is 4.79 Å². The molecule has 0 saturated carbocycles. The molecular weight excluding hydrogens is 342 g/mol. The van der Waals surface area contributed by atoms with Crippen LogP contribution in [-0.4, -0.2) is 20.3 Å². The topological polar surface area (TPSA) is 84.8 Å². The molecule has 0 spiro atoms. The van der Waals surface area contributed by atoms with E-state index in [4.69, 9.17) is 0 Å². The quantitative estimate of drug-likeness (QED) is 0.706. The van der Waals surface area contributed by atoms with E-state index < -0.39 is 11.2 Å². The fraction of sp³-hybridized carbons (Fsp3) is 0.238. The van der Waals surface area contributed by atoms with Crippen molar-refractivity contribution < 1.29 is 4.79 Å². The molecule has 0 fully saturated rings. The monoisotopic (exact) mass is 363 g/mol. The van der Waals surface area contributed by atoms with Crippen LogP contribution < -0.4 is 11.2 Å². The molecule has 2 aromatic heterocycles. The normalized spacial score (nSPS) is 10.8. The molecule has 0 radical (unpaired) electrons. The Balaban J connectivity index is 2.24. The van der Waals surface area contributed by atoms with Gasteiger partial charge in [0.05, 0.1) is 12.2 Å². The first-order valence-corrected chi connectivity index (χ1v) is 8.79. The summed E-state index contributed by atoms with van der Waals surface area (Å²) >= 11 is 0. The second kappa shape index (κ2) is 7.53. The first kappa shape index (κ1) is 18.5. The predicted molar refractivity (Wildman–Crippen MR) is 103 cm³/mol. The van der Waals surface area contributed by atoms with Crippen LogP contribution in [0.3, 0.4) is 0 Å². The van der Waals surface area contributed by atoms with E-state index in [0.29, 0.717) is 23.2 Å². The molecule has 0 saturated heterocycles. The third-order valence-electron chi connectivity index (χ3n) is 4.39. The lowest BCUT2D eigenvalue weighted by molar-refractivity contribution is 0.102. The number of hydrogen-bond donors (Lipinski definition) is 1. The Hall–Kier alpha value is -3.28. The number of carbonyl (C=O) groups is 1. The largest absolute Gasteiger partial charge is 0.329 e. The molecule has 1 N–H and O–H groups in total. The standard InChI is InChI=1S/C21H21N3O3/c1-4-17-18(19(25)15-10-13(2)9-14(3)11-15)24(21(27)23-20(17)26)12-16-7-5-6-8-22-16/h5-11H,4,12H2,1-3H3,(H,23,26,27). The van der Waals surface area contributed by atoms with Gasteiger partial charge in [0.25, 0.3) is 5.56 Å². The van der Waals surface area contributed by atoms with Crippen molar-refractivity contribution in [2.45, 2.75) is 33.7 Å². The van der Waals surface area contributed by atoms with Gasteiger partial charge in [-0.1, -0.05) is 30.2 Å². The highest BCUT2D eigenvalue weighted by atomic mass is 16.2. The van der Waals surface area contributed by atoms with Crippen molar-refractivity contribution in [3.8, 4) is 0 Å². The molecule has 27 heavy (non-hydrogen) atoms. The zero-order valence-corrected chi connectivity index (χ0v) is 15.6. The minimum absolute atomic E-state index is 0.106. The highest BCUT2D eigenvalue weighted by molar-refractivity contribution is 6.09. The van der Waals surface area contributed by atoms with Gasteiger partial charge in [-0.2, -0.15) is 0 Å². The highest BCUT2D eigenvalue weighted by Gasteiger charge is 2.22. The van der Waals surface area contributed by atoms with Gasteiger partial charge in [-0.3, -0.25) is 24.1 Å². The Morgan fingerprint density at radius 1 is 1.11 bits per heavy atom. The summed E-state index contributed by atoms with van der Waals surface area (Å²) in [5.41, 5.74) is 2.27. The van der Waals surface area contributed by atoms with Gasteiger partial charge in [-0.05, 0) is 44.5 Å². The molecule has 0 unspecified atom stereocenters. The lowest BCUT2D eigenvalue weighted by Gasteiger charge is -2.15. The number of hydrogen-bond acceptors (Lipinski definition) is 4. The molecule has 3 aromatic rings. The zero-order chi connectivity index (χ0) is 19.6. The van der Waals surface area contributed by atoms with E-state index in [0.717, 1.165) is 11.1 Å². The van der Waals surface area contributed by atoms with Gasteiger partial charge in [-0.15, -0.1) is 0 Å². The van der Waals surface area contributed by atoms with Gasteiger partial charge in [0.2, 0.25) is 5.78 Å². The molecule has 1 aromatic carbocycles. The van der Waals surface area contributed by atoms with Gasteiger partial charge >= 0.3 is 5.69 Å². The summed E-state index contributed by atoms with van der Waals surface area (Å²) in [7, 11) is 0. The van der Waals surface area contributed by atoms with Gasteiger partial charge in [0, 0.05) is 17.3 Å². The molecule has 2 heterocycles. The Morgan fingerprint density at radius 2 is 1.81 bits per heavy atom. The van der Waals surface area contributed by atoms with Crippen molar-refractivity contribution in [1.82, 2.24) is 14.5 Å². The lowest BCUT2D eigenvalue weighted by Crippen LogP contribution is -2.37. The summed E-state index contributed by atoms with van der Waals surface area (Å²) in [5.74, 6) is -0.335. The van der Waals surface area contributed by atoms with Gasteiger partial charge in [0.1, 0.15) is 5.69 Å². The van der Waals surface area contributed by atoms with Crippen molar-refractivity contribution in [2.75, 3.05) is 0 Å². The van der Waals surface area contributed by atoms with Crippen molar-refractivity contribution in [3.63, 3.8) is 0 Å². The fourth-order valence-electron chi connectivity index (χ4n) is 3.25. The van der Waals surface area contributed by atoms with Crippen molar-refractivity contribution in [3.05, 3.63) is 97.1 Å². The number of aromatic amines is 1.